The molecule has 0 aliphatic carbocycles. The van der Waals surface area contributed by atoms with Crippen LogP contribution in [-0.2, 0) is 6.61 Å². The van der Waals surface area contributed by atoms with Crippen LogP contribution < -0.4 is 4.74 Å². The van der Waals surface area contributed by atoms with Crippen molar-refractivity contribution in [2.45, 2.75) is 33.3 Å². The Morgan fingerprint density at radius 3 is 2.24 bits per heavy atom. The number of fused-ring (bicyclic) bond motifs is 1. The van der Waals surface area contributed by atoms with Crippen molar-refractivity contribution in [3.05, 3.63) is 88.7 Å². The Morgan fingerprint density at radius 1 is 0.946 bits per heavy atom. The largest absolute Gasteiger partial charge is 0.489 e. The van der Waals surface area contributed by atoms with Gasteiger partial charge in [0.25, 0.3) is 17.5 Å². The molecule has 8 heteroatoms. The zero-order valence-corrected chi connectivity index (χ0v) is 21.3. The van der Waals surface area contributed by atoms with Crippen LogP contribution in [-0.4, -0.2) is 57.9 Å². The van der Waals surface area contributed by atoms with E-state index in [1.54, 1.807) is 21.9 Å². The molecule has 0 atom stereocenters. The van der Waals surface area contributed by atoms with Crippen molar-refractivity contribution in [1.29, 1.82) is 0 Å². The summed E-state index contributed by atoms with van der Waals surface area (Å²) in [4.78, 5) is 34.7. The maximum Gasteiger partial charge on any atom is 0.259 e. The first kappa shape index (κ1) is 24.5. The molecular formula is C29H30N4O4. The van der Waals surface area contributed by atoms with Crippen molar-refractivity contribution in [2.24, 2.45) is 0 Å². The minimum atomic E-state index is -0.0902. The Bertz CT molecular complexity index is 1410. The van der Waals surface area contributed by atoms with Crippen LogP contribution in [0, 0.1) is 6.92 Å². The number of carbonyl (C=O) groups is 2. The molecule has 8 nitrogen and oxygen atoms in total. The fraction of sp³-hybridized carbons (Fsp3) is 0.310. The molecule has 0 spiro atoms. The average Bonchev–Trinajstić information content (AvgIpc) is 3.32. The van der Waals surface area contributed by atoms with Crippen molar-refractivity contribution >= 4 is 22.9 Å². The minimum Gasteiger partial charge on any atom is -0.489 e. The Labute approximate surface area is 215 Å². The van der Waals surface area contributed by atoms with E-state index in [0.29, 0.717) is 66.5 Å². The highest BCUT2D eigenvalue weighted by atomic mass is 16.5. The van der Waals surface area contributed by atoms with E-state index in [-0.39, 0.29) is 17.7 Å². The lowest BCUT2D eigenvalue weighted by atomic mass is 10.0. The fourth-order valence-corrected chi connectivity index (χ4v) is 4.48. The van der Waals surface area contributed by atoms with Crippen LogP contribution in [0.15, 0.2) is 65.2 Å². The summed E-state index contributed by atoms with van der Waals surface area (Å²) in [5, 5.41) is 4.67. The number of carbonyl (C=O) groups excluding carboxylic acids is 2. The number of amides is 2. The highest BCUT2D eigenvalue weighted by Crippen LogP contribution is 2.27. The number of pyridine rings is 1. The summed E-state index contributed by atoms with van der Waals surface area (Å²) in [5.74, 6) is 0.716. The summed E-state index contributed by atoms with van der Waals surface area (Å²) in [6.45, 7) is 8.17. The number of aryl methyl sites for hydroxylation is 1. The highest BCUT2D eigenvalue weighted by Gasteiger charge is 2.28. The first-order valence-electron chi connectivity index (χ1n) is 12.5. The third-order valence-corrected chi connectivity index (χ3v) is 6.66. The lowest BCUT2D eigenvalue weighted by Gasteiger charge is -2.35. The first-order chi connectivity index (χ1) is 17.9. The molecule has 2 amide bonds. The first-order valence-corrected chi connectivity index (χ1v) is 12.5. The van der Waals surface area contributed by atoms with Gasteiger partial charge in [0.1, 0.15) is 12.4 Å². The van der Waals surface area contributed by atoms with E-state index >= 15 is 0 Å². The van der Waals surface area contributed by atoms with Gasteiger partial charge < -0.3 is 19.1 Å². The summed E-state index contributed by atoms with van der Waals surface area (Å²) in [6.07, 6.45) is 0. The summed E-state index contributed by atoms with van der Waals surface area (Å²) < 4.78 is 11.2. The van der Waals surface area contributed by atoms with Crippen LogP contribution in [0.1, 0.15) is 57.4 Å². The van der Waals surface area contributed by atoms with Gasteiger partial charge in [-0.15, -0.1) is 0 Å². The predicted octanol–water partition coefficient (Wildman–Crippen LogP) is 4.83. The van der Waals surface area contributed by atoms with Gasteiger partial charge in [0.15, 0.2) is 0 Å². The van der Waals surface area contributed by atoms with Gasteiger partial charge in [-0.25, -0.2) is 4.98 Å². The topological polar surface area (TPSA) is 88.8 Å². The predicted molar refractivity (Wildman–Crippen MR) is 140 cm³/mol. The van der Waals surface area contributed by atoms with Gasteiger partial charge in [-0.05, 0) is 48.7 Å². The molecule has 1 aliphatic heterocycles. The zero-order chi connectivity index (χ0) is 25.9. The highest BCUT2D eigenvalue weighted by molar-refractivity contribution is 6.06. The Kier molecular flexibility index (Phi) is 6.90. The van der Waals surface area contributed by atoms with Gasteiger partial charge in [0.2, 0.25) is 0 Å². The Balaban J connectivity index is 1.22. The number of piperazine rings is 1. The maximum atomic E-state index is 13.5. The van der Waals surface area contributed by atoms with Crippen LogP contribution in [0.25, 0.3) is 11.1 Å². The average molecular weight is 499 g/mol. The second-order valence-corrected chi connectivity index (χ2v) is 9.58. The van der Waals surface area contributed by atoms with E-state index in [0.717, 1.165) is 11.3 Å². The van der Waals surface area contributed by atoms with Crippen molar-refractivity contribution in [2.75, 3.05) is 26.2 Å². The number of hydrogen-bond donors (Lipinski definition) is 0. The monoisotopic (exact) mass is 498 g/mol. The second-order valence-electron chi connectivity index (χ2n) is 9.58. The standard InChI is InChI=1S/C29H30N4O4/c1-19(2)25-17-24(26-20(3)31-37-27(26)30-25)29(35)33-15-13-32(14-16-33)28(34)22-9-11-23(12-10-22)36-18-21-7-5-4-6-8-21/h4-12,17,19H,13-16,18H2,1-3H3. The number of benzene rings is 2. The number of nitrogens with zero attached hydrogens (tertiary/aromatic N) is 4. The molecule has 1 fully saturated rings. The quantitative estimate of drug-likeness (QED) is 0.378. The fourth-order valence-electron chi connectivity index (χ4n) is 4.48. The molecule has 2 aromatic carbocycles. The number of aromatic nitrogens is 2. The van der Waals surface area contributed by atoms with Gasteiger partial charge in [0, 0.05) is 37.4 Å². The molecule has 37 heavy (non-hydrogen) atoms. The third-order valence-electron chi connectivity index (χ3n) is 6.66. The third kappa shape index (κ3) is 5.18. The van der Waals surface area contributed by atoms with Crippen LogP contribution in [0.5, 0.6) is 5.75 Å². The van der Waals surface area contributed by atoms with Crippen LogP contribution in [0.2, 0.25) is 0 Å². The molecule has 0 radical (unpaired) electrons. The summed E-state index contributed by atoms with van der Waals surface area (Å²) in [7, 11) is 0. The number of hydrogen-bond acceptors (Lipinski definition) is 6. The SMILES string of the molecule is Cc1noc2nc(C(C)C)cc(C(=O)N3CCN(C(=O)c4ccc(OCc5ccccc5)cc4)CC3)c12. The van der Waals surface area contributed by atoms with Crippen molar-refractivity contribution < 1.29 is 18.8 Å². The van der Waals surface area contributed by atoms with E-state index in [1.165, 1.54) is 0 Å². The second kappa shape index (κ2) is 10.4. The summed E-state index contributed by atoms with van der Waals surface area (Å²) in [6, 6.07) is 19.0. The Hall–Kier alpha value is -4.20. The molecule has 0 saturated carbocycles. The molecule has 5 rings (SSSR count). The lowest BCUT2D eigenvalue weighted by molar-refractivity contribution is 0.0536. The summed E-state index contributed by atoms with van der Waals surface area (Å²) in [5.41, 5.74) is 4.06. The molecule has 0 bridgehead atoms. The number of rotatable bonds is 6. The van der Waals surface area contributed by atoms with Crippen molar-refractivity contribution in [1.82, 2.24) is 19.9 Å². The molecule has 3 heterocycles. The molecule has 1 aliphatic rings. The Morgan fingerprint density at radius 2 is 1.59 bits per heavy atom. The van der Waals surface area contributed by atoms with Gasteiger partial charge in [0.05, 0.1) is 16.6 Å². The van der Waals surface area contributed by atoms with Gasteiger partial charge in [-0.1, -0.05) is 49.3 Å². The minimum absolute atomic E-state index is 0.0509. The van der Waals surface area contributed by atoms with Gasteiger partial charge in [-0.2, -0.15) is 0 Å². The van der Waals surface area contributed by atoms with E-state index in [9.17, 15) is 9.59 Å². The van der Waals surface area contributed by atoms with Crippen LogP contribution >= 0.6 is 0 Å². The number of ether oxygens (including phenoxy) is 1. The molecule has 4 aromatic rings. The zero-order valence-electron chi connectivity index (χ0n) is 21.3. The van der Waals surface area contributed by atoms with Crippen LogP contribution in [0.3, 0.4) is 0 Å². The molecule has 1 saturated heterocycles. The summed E-state index contributed by atoms with van der Waals surface area (Å²) >= 11 is 0. The molecule has 2 aromatic heterocycles. The smallest absolute Gasteiger partial charge is 0.259 e. The van der Waals surface area contributed by atoms with Crippen LogP contribution in [0.4, 0.5) is 0 Å². The lowest BCUT2D eigenvalue weighted by Crippen LogP contribution is -2.50. The molecule has 0 N–H and O–H groups in total. The van der Waals surface area contributed by atoms with Crippen molar-refractivity contribution in [3.63, 3.8) is 0 Å². The molecular weight excluding hydrogens is 468 g/mol. The van der Waals surface area contributed by atoms with E-state index in [2.05, 4.69) is 10.1 Å². The molecule has 190 valence electrons. The molecule has 0 unspecified atom stereocenters. The maximum absolute atomic E-state index is 13.5. The van der Waals surface area contributed by atoms with E-state index in [4.69, 9.17) is 9.26 Å². The van der Waals surface area contributed by atoms with E-state index in [1.807, 2.05) is 69.3 Å². The normalized spacial score (nSPS) is 13.8. The van der Waals surface area contributed by atoms with Crippen molar-refractivity contribution in [3.8, 4) is 5.75 Å². The van der Waals surface area contributed by atoms with E-state index < -0.39 is 0 Å². The van der Waals surface area contributed by atoms with Gasteiger partial charge >= 0.3 is 0 Å². The van der Waals surface area contributed by atoms with Gasteiger partial charge in [-0.3, -0.25) is 9.59 Å².